The Morgan fingerprint density at radius 3 is 2.67 bits per heavy atom. The average Bonchev–Trinajstić information content (AvgIpc) is 3.25. The summed E-state index contributed by atoms with van der Waals surface area (Å²) in [4.78, 5) is 8.61. The topological polar surface area (TPSA) is 64.8 Å². The fraction of sp³-hybridized carbons (Fsp3) is 0.222. The molecule has 2 heterocycles. The average molecular weight is 339 g/mol. The Labute approximate surface area is 140 Å². The highest BCUT2D eigenvalue weighted by molar-refractivity contribution is 7.89. The van der Waals surface area contributed by atoms with Crippen molar-refractivity contribution >= 4 is 26.6 Å². The molecule has 0 amide bonds. The highest BCUT2D eigenvalue weighted by atomic mass is 32.2. The predicted octanol–water partition coefficient (Wildman–Crippen LogP) is 3.38. The monoisotopic (exact) mass is 339 g/mol. The van der Waals surface area contributed by atoms with Crippen LogP contribution in [0, 0.1) is 0 Å². The summed E-state index contributed by atoms with van der Waals surface area (Å²) in [5, 5.41) is 0.794. The van der Waals surface area contributed by atoms with Crippen LogP contribution in [0.3, 0.4) is 0 Å². The Balaban J connectivity index is 1.79. The summed E-state index contributed by atoms with van der Waals surface area (Å²) in [6.07, 6.45) is 8.36. The number of rotatable bonds is 4. The van der Waals surface area contributed by atoms with Gasteiger partial charge in [-0.1, -0.05) is 36.4 Å². The van der Waals surface area contributed by atoms with Gasteiger partial charge in [-0.2, -0.15) is 0 Å². The van der Waals surface area contributed by atoms with Crippen LogP contribution in [0.2, 0.25) is 0 Å². The lowest BCUT2D eigenvalue weighted by Gasteiger charge is -2.08. The summed E-state index contributed by atoms with van der Waals surface area (Å²) in [6.45, 7) is 0. The molecule has 1 aliphatic rings. The maximum absolute atomic E-state index is 12.8. The molecule has 122 valence electrons. The lowest BCUT2D eigenvalue weighted by Crippen LogP contribution is -2.14. The molecular weight excluding hydrogens is 322 g/mol. The molecule has 0 fully saturated rings. The number of allylic oxidation sites excluding steroid dienone is 2. The van der Waals surface area contributed by atoms with Gasteiger partial charge in [-0.25, -0.2) is 22.4 Å². The number of nitrogens with zero attached hydrogens (tertiary/aromatic N) is 3. The Kier molecular flexibility index (Phi) is 3.69. The Morgan fingerprint density at radius 2 is 1.92 bits per heavy atom. The minimum Gasteiger partial charge on any atom is -0.236 e. The molecule has 0 N–H and O–H groups in total. The second-order valence-corrected chi connectivity index (χ2v) is 7.78. The van der Waals surface area contributed by atoms with E-state index in [0.29, 0.717) is 5.65 Å². The van der Waals surface area contributed by atoms with Crippen molar-refractivity contribution in [2.24, 2.45) is 0 Å². The van der Waals surface area contributed by atoms with E-state index in [1.54, 1.807) is 12.3 Å². The highest BCUT2D eigenvalue weighted by Gasteiger charge is 2.20. The van der Waals surface area contributed by atoms with Gasteiger partial charge >= 0.3 is 0 Å². The molecule has 0 unspecified atom stereocenters. The van der Waals surface area contributed by atoms with Gasteiger partial charge in [-0.3, -0.25) is 0 Å². The van der Waals surface area contributed by atoms with Crippen molar-refractivity contribution in [2.45, 2.75) is 25.0 Å². The molecular formula is C18H17N3O2S. The summed E-state index contributed by atoms with van der Waals surface area (Å²) in [7, 11) is -3.53. The van der Waals surface area contributed by atoms with Crippen molar-refractivity contribution in [3.8, 4) is 0 Å². The standard InChI is InChI=1S/C18H17N3O2S/c22-24(23,12-14-6-2-1-3-7-14)21-11-10-16-17(15-8-4-5-9-15)19-13-20-18(16)21/h1-3,6-8,10-11,13H,4-5,9,12H2. The van der Waals surface area contributed by atoms with Crippen LogP contribution in [-0.2, 0) is 15.8 Å². The van der Waals surface area contributed by atoms with E-state index < -0.39 is 10.0 Å². The Bertz CT molecular complexity index is 1020. The third-order valence-electron chi connectivity index (χ3n) is 4.28. The summed E-state index contributed by atoms with van der Waals surface area (Å²) < 4.78 is 26.9. The molecule has 6 heteroatoms. The zero-order chi connectivity index (χ0) is 16.6. The molecule has 0 spiro atoms. The van der Waals surface area contributed by atoms with Gasteiger partial charge in [-0.05, 0) is 36.5 Å². The molecule has 5 nitrogen and oxygen atoms in total. The second kappa shape index (κ2) is 5.87. The SMILES string of the molecule is O=S(=O)(Cc1ccccc1)n1ccc2c(C3=CCCC3)ncnc21. The summed E-state index contributed by atoms with van der Waals surface area (Å²) in [6, 6.07) is 11.0. The van der Waals surface area contributed by atoms with E-state index in [9.17, 15) is 8.42 Å². The zero-order valence-corrected chi connectivity index (χ0v) is 13.9. The molecule has 0 saturated heterocycles. The first-order valence-corrected chi connectivity index (χ1v) is 9.55. The van der Waals surface area contributed by atoms with Crippen molar-refractivity contribution < 1.29 is 8.42 Å². The van der Waals surface area contributed by atoms with E-state index in [0.717, 1.165) is 35.9 Å². The van der Waals surface area contributed by atoms with Crippen LogP contribution in [-0.4, -0.2) is 22.4 Å². The molecule has 2 aromatic heterocycles. The Morgan fingerprint density at radius 1 is 1.08 bits per heavy atom. The smallest absolute Gasteiger partial charge is 0.236 e. The summed E-state index contributed by atoms with van der Waals surface area (Å²) in [5.74, 6) is -0.0559. The van der Waals surface area contributed by atoms with E-state index in [1.807, 2.05) is 30.3 Å². The number of hydrogen-bond acceptors (Lipinski definition) is 4. The minimum atomic E-state index is -3.53. The molecule has 0 aliphatic heterocycles. The molecule has 1 aromatic carbocycles. The van der Waals surface area contributed by atoms with Gasteiger partial charge in [0.2, 0.25) is 10.0 Å². The van der Waals surface area contributed by atoms with Crippen LogP contribution < -0.4 is 0 Å². The van der Waals surface area contributed by atoms with Crippen molar-refractivity contribution in [1.82, 2.24) is 13.9 Å². The van der Waals surface area contributed by atoms with E-state index in [4.69, 9.17) is 0 Å². The van der Waals surface area contributed by atoms with Crippen LogP contribution in [0.5, 0.6) is 0 Å². The van der Waals surface area contributed by atoms with Gasteiger partial charge in [-0.15, -0.1) is 0 Å². The molecule has 24 heavy (non-hydrogen) atoms. The zero-order valence-electron chi connectivity index (χ0n) is 13.1. The normalized spacial score (nSPS) is 14.9. The van der Waals surface area contributed by atoms with Gasteiger partial charge in [0.1, 0.15) is 6.33 Å². The molecule has 4 rings (SSSR count). The van der Waals surface area contributed by atoms with Crippen molar-refractivity contribution in [3.63, 3.8) is 0 Å². The van der Waals surface area contributed by atoms with Gasteiger partial charge in [0.05, 0.1) is 11.4 Å². The van der Waals surface area contributed by atoms with Crippen molar-refractivity contribution in [3.05, 3.63) is 66.3 Å². The fourth-order valence-corrected chi connectivity index (χ4v) is 4.56. The van der Waals surface area contributed by atoms with E-state index >= 15 is 0 Å². The van der Waals surface area contributed by atoms with E-state index in [-0.39, 0.29) is 5.75 Å². The summed E-state index contributed by atoms with van der Waals surface area (Å²) in [5.41, 5.74) is 3.24. The van der Waals surface area contributed by atoms with Crippen LogP contribution in [0.15, 0.2) is 55.0 Å². The first-order chi connectivity index (χ1) is 11.6. The van der Waals surface area contributed by atoms with E-state index in [2.05, 4.69) is 16.0 Å². The molecule has 0 saturated carbocycles. The molecule has 0 atom stereocenters. The minimum absolute atomic E-state index is 0.0559. The van der Waals surface area contributed by atoms with E-state index in [1.165, 1.54) is 15.9 Å². The van der Waals surface area contributed by atoms with Crippen LogP contribution in [0.25, 0.3) is 16.6 Å². The van der Waals surface area contributed by atoms with Crippen molar-refractivity contribution in [1.29, 1.82) is 0 Å². The van der Waals surface area contributed by atoms with Gasteiger partial charge < -0.3 is 0 Å². The fourth-order valence-electron chi connectivity index (χ4n) is 3.15. The molecule has 3 aromatic rings. The highest BCUT2D eigenvalue weighted by Crippen LogP contribution is 2.31. The first kappa shape index (κ1) is 15.1. The number of benzene rings is 1. The lowest BCUT2D eigenvalue weighted by molar-refractivity contribution is 0.588. The largest absolute Gasteiger partial charge is 0.244 e. The summed E-state index contributed by atoms with van der Waals surface area (Å²) >= 11 is 0. The van der Waals surface area contributed by atoms with Crippen LogP contribution >= 0.6 is 0 Å². The predicted molar refractivity (Wildman–Crippen MR) is 93.8 cm³/mol. The van der Waals surface area contributed by atoms with Crippen LogP contribution in [0.1, 0.15) is 30.5 Å². The first-order valence-electron chi connectivity index (χ1n) is 7.94. The second-order valence-electron chi connectivity index (χ2n) is 5.93. The molecule has 1 aliphatic carbocycles. The number of fused-ring (bicyclic) bond motifs is 1. The number of aromatic nitrogens is 3. The molecule has 0 bridgehead atoms. The van der Waals surface area contributed by atoms with Gasteiger partial charge in [0, 0.05) is 11.6 Å². The molecule has 0 radical (unpaired) electrons. The maximum atomic E-state index is 12.8. The maximum Gasteiger partial charge on any atom is 0.244 e. The third kappa shape index (κ3) is 2.63. The quantitative estimate of drug-likeness (QED) is 0.731. The number of hydrogen-bond donors (Lipinski definition) is 0. The van der Waals surface area contributed by atoms with Crippen molar-refractivity contribution in [2.75, 3.05) is 0 Å². The third-order valence-corrected chi connectivity index (χ3v) is 5.88. The van der Waals surface area contributed by atoms with Gasteiger partial charge in [0.15, 0.2) is 5.65 Å². The lowest BCUT2D eigenvalue weighted by atomic mass is 10.1. The Hall–Kier alpha value is -2.47. The van der Waals surface area contributed by atoms with Crippen LogP contribution in [0.4, 0.5) is 0 Å². The van der Waals surface area contributed by atoms with Gasteiger partial charge in [0.25, 0.3) is 0 Å².